The standard InChI is InChI=1S/C27H21ClN6O2/c1-35-14-24-31-32-26-20-11-17(28)9-10-22(20)34-15-29-25(23(34)12-33(24)26)27-30-21(13-36-27)19-8-4-6-16-5-2-3-7-18(16)19/h2-11,15,21H,12-14H2,1H3/t21-/m1/s1. The number of methoxy groups -OCH3 is 1. The average Bonchev–Trinajstić information content (AvgIpc) is 3.62. The lowest BCUT2D eigenvalue weighted by atomic mass is 10.00. The maximum atomic E-state index is 6.37. The van der Waals surface area contributed by atoms with Gasteiger partial charge in [-0.3, -0.25) is 4.57 Å². The lowest BCUT2D eigenvalue weighted by Gasteiger charge is -2.09. The van der Waals surface area contributed by atoms with Crippen molar-refractivity contribution in [2.45, 2.75) is 19.2 Å². The first-order chi connectivity index (χ1) is 17.7. The van der Waals surface area contributed by atoms with E-state index in [1.165, 1.54) is 10.8 Å². The molecule has 0 saturated heterocycles. The van der Waals surface area contributed by atoms with Gasteiger partial charge in [0.1, 0.15) is 31.3 Å². The highest BCUT2D eigenvalue weighted by atomic mass is 35.5. The third kappa shape index (κ3) is 3.26. The average molecular weight is 497 g/mol. The second-order valence-corrected chi connectivity index (χ2v) is 9.30. The first kappa shape index (κ1) is 21.3. The molecule has 5 aromatic rings. The van der Waals surface area contributed by atoms with E-state index in [1.807, 2.05) is 29.1 Å². The van der Waals surface area contributed by atoms with Crippen molar-refractivity contribution in [3.63, 3.8) is 0 Å². The Morgan fingerprint density at radius 3 is 2.89 bits per heavy atom. The largest absolute Gasteiger partial charge is 0.474 e. The third-order valence-electron chi connectivity index (χ3n) is 6.77. The van der Waals surface area contributed by atoms with E-state index in [4.69, 9.17) is 31.1 Å². The van der Waals surface area contributed by atoms with Crippen molar-refractivity contribution in [2.24, 2.45) is 4.99 Å². The van der Waals surface area contributed by atoms with Gasteiger partial charge in [0.25, 0.3) is 0 Å². The zero-order valence-electron chi connectivity index (χ0n) is 19.4. The summed E-state index contributed by atoms with van der Waals surface area (Å²) in [6.07, 6.45) is 1.81. The molecule has 8 nitrogen and oxygen atoms in total. The Kier molecular flexibility index (Phi) is 4.90. The van der Waals surface area contributed by atoms with Crippen LogP contribution in [0, 0.1) is 0 Å². The number of aromatic nitrogens is 5. The van der Waals surface area contributed by atoms with Crippen LogP contribution in [0.15, 0.2) is 72.0 Å². The number of benzene rings is 3. The minimum Gasteiger partial charge on any atom is -0.474 e. The molecule has 2 aliphatic rings. The summed E-state index contributed by atoms with van der Waals surface area (Å²) in [6, 6.07) is 20.3. The molecule has 0 spiro atoms. The Morgan fingerprint density at radius 1 is 1.08 bits per heavy atom. The maximum absolute atomic E-state index is 6.37. The van der Waals surface area contributed by atoms with Crippen LogP contribution in [0.25, 0.3) is 27.8 Å². The van der Waals surface area contributed by atoms with E-state index in [0.29, 0.717) is 36.4 Å². The molecule has 2 aromatic heterocycles. The first-order valence-electron chi connectivity index (χ1n) is 11.7. The number of nitrogens with zero attached hydrogens (tertiary/aromatic N) is 6. The van der Waals surface area contributed by atoms with Gasteiger partial charge in [0.05, 0.1) is 17.9 Å². The molecule has 0 saturated carbocycles. The Balaban J connectivity index is 1.36. The van der Waals surface area contributed by atoms with Crippen LogP contribution in [0.3, 0.4) is 0 Å². The predicted molar refractivity (Wildman–Crippen MR) is 137 cm³/mol. The fraction of sp³-hybridized carbons (Fsp3) is 0.185. The van der Waals surface area contributed by atoms with Crippen LogP contribution >= 0.6 is 11.6 Å². The van der Waals surface area contributed by atoms with Crippen molar-refractivity contribution >= 4 is 28.3 Å². The summed E-state index contributed by atoms with van der Waals surface area (Å²) >= 11 is 6.37. The zero-order chi connectivity index (χ0) is 24.2. The molecule has 4 heterocycles. The molecule has 178 valence electrons. The molecular formula is C27H21ClN6O2. The molecule has 0 aliphatic carbocycles. The van der Waals surface area contributed by atoms with Gasteiger partial charge in [-0.05, 0) is 34.5 Å². The molecular weight excluding hydrogens is 476 g/mol. The number of hydrogen-bond acceptors (Lipinski definition) is 6. The lowest BCUT2D eigenvalue weighted by molar-refractivity contribution is 0.174. The molecule has 0 amide bonds. The summed E-state index contributed by atoms with van der Waals surface area (Å²) in [7, 11) is 1.65. The maximum Gasteiger partial charge on any atom is 0.238 e. The summed E-state index contributed by atoms with van der Waals surface area (Å²) in [4.78, 5) is 9.75. The normalized spacial score (nSPS) is 16.2. The van der Waals surface area contributed by atoms with Crippen molar-refractivity contribution in [3.05, 3.63) is 94.8 Å². The Labute approximate surface area is 211 Å². The zero-order valence-corrected chi connectivity index (χ0v) is 20.2. The fourth-order valence-electron chi connectivity index (χ4n) is 5.10. The van der Waals surface area contributed by atoms with Crippen LogP contribution in [0.2, 0.25) is 5.02 Å². The molecule has 3 aromatic carbocycles. The summed E-state index contributed by atoms with van der Waals surface area (Å²) < 4.78 is 15.6. The molecule has 0 radical (unpaired) electrons. The van der Waals surface area contributed by atoms with Gasteiger partial charge in [-0.25, -0.2) is 9.98 Å². The molecule has 0 N–H and O–H groups in total. The van der Waals surface area contributed by atoms with Gasteiger partial charge in [-0.15, -0.1) is 10.2 Å². The van der Waals surface area contributed by atoms with Gasteiger partial charge in [-0.2, -0.15) is 0 Å². The molecule has 36 heavy (non-hydrogen) atoms. The first-order valence-corrected chi connectivity index (χ1v) is 12.0. The van der Waals surface area contributed by atoms with E-state index < -0.39 is 0 Å². The number of imidazole rings is 1. The summed E-state index contributed by atoms with van der Waals surface area (Å²) in [6.45, 7) is 1.30. The highest BCUT2D eigenvalue weighted by molar-refractivity contribution is 6.31. The van der Waals surface area contributed by atoms with Gasteiger partial charge < -0.3 is 14.0 Å². The minimum absolute atomic E-state index is 0.102. The van der Waals surface area contributed by atoms with Gasteiger partial charge >= 0.3 is 0 Å². The Morgan fingerprint density at radius 2 is 1.97 bits per heavy atom. The lowest BCUT2D eigenvalue weighted by Crippen LogP contribution is -2.13. The van der Waals surface area contributed by atoms with E-state index >= 15 is 0 Å². The number of aliphatic imine (C=N–C) groups is 1. The smallest absolute Gasteiger partial charge is 0.238 e. The number of rotatable bonds is 4. The van der Waals surface area contributed by atoms with Crippen molar-refractivity contribution < 1.29 is 9.47 Å². The van der Waals surface area contributed by atoms with Crippen molar-refractivity contribution in [2.75, 3.05) is 13.7 Å². The minimum atomic E-state index is -0.102. The number of halogens is 1. The monoisotopic (exact) mass is 496 g/mol. The molecule has 1 atom stereocenters. The molecule has 0 bridgehead atoms. The second kappa shape index (κ2) is 8.29. The van der Waals surface area contributed by atoms with Crippen LogP contribution in [0.5, 0.6) is 0 Å². The van der Waals surface area contributed by atoms with E-state index in [1.54, 1.807) is 7.11 Å². The topological polar surface area (TPSA) is 79.3 Å². The fourth-order valence-corrected chi connectivity index (χ4v) is 5.27. The highest BCUT2D eigenvalue weighted by Gasteiger charge is 2.31. The SMILES string of the molecule is COCc1nnc2n1Cc1c(C3=N[C@@H](c4cccc5ccccc45)CO3)ncn1-c1ccc(Cl)cc1-2. The Bertz CT molecular complexity index is 1670. The van der Waals surface area contributed by atoms with Crippen LogP contribution in [0.4, 0.5) is 0 Å². The molecule has 0 fully saturated rings. The van der Waals surface area contributed by atoms with E-state index in [2.05, 4.69) is 57.2 Å². The summed E-state index contributed by atoms with van der Waals surface area (Å²) in [5.74, 6) is 2.00. The molecule has 7 rings (SSSR count). The van der Waals surface area contributed by atoms with Gasteiger partial charge in [0, 0.05) is 17.7 Å². The quantitative estimate of drug-likeness (QED) is 0.344. The summed E-state index contributed by atoms with van der Waals surface area (Å²) in [5.41, 5.74) is 4.60. The number of ether oxygens (including phenoxy) is 2. The van der Waals surface area contributed by atoms with Crippen LogP contribution in [-0.4, -0.2) is 43.9 Å². The summed E-state index contributed by atoms with van der Waals surface area (Å²) in [5, 5.41) is 11.8. The molecule has 0 unspecified atom stereocenters. The van der Waals surface area contributed by atoms with Crippen LogP contribution < -0.4 is 0 Å². The van der Waals surface area contributed by atoms with Gasteiger partial charge in [0.2, 0.25) is 5.90 Å². The third-order valence-corrected chi connectivity index (χ3v) is 7.01. The second-order valence-electron chi connectivity index (χ2n) is 8.86. The van der Waals surface area contributed by atoms with Crippen LogP contribution in [0.1, 0.15) is 28.8 Å². The van der Waals surface area contributed by atoms with Crippen molar-refractivity contribution in [3.8, 4) is 17.1 Å². The van der Waals surface area contributed by atoms with Crippen LogP contribution in [-0.2, 0) is 22.6 Å². The van der Waals surface area contributed by atoms with E-state index in [9.17, 15) is 0 Å². The molecule has 9 heteroatoms. The van der Waals surface area contributed by atoms with E-state index in [0.717, 1.165) is 34.2 Å². The van der Waals surface area contributed by atoms with E-state index in [-0.39, 0.29) is 6.04 Å². The highest BCUT2D eigenvalue weighted by Crippen LogP contribution is 2.36. The van der Waals surface area contributed by atoms with Crippen molar-refractivity contribution in [1.82, 2.24) is 24.3 Å². The molecule has 2 aliphatic heterocycles. The van der Waals surface area contributed by atoms with Gasteiger partial charge in [-0.1, -0.05) is 54.1 Å². The van der Waals surface area contributed by atoms with Gasteiger partial charge in [0.15, 0.2) is 11.6 Å². The van der Waals surface area contributed by atoms with Crippen molar-refractivity contribution in [1.29, 1.82) is 0 Å². The number of hydrogen-bond donors (Lipinski definition) is 0. The Hall–Kier alpha value is -4.01. The number of fused-ring (bicyclic) bond motifs is 6. The predicted octanol–water partition coefficient (Wildman–Crippen LogP) is 4.96.